The molecule has 1 atom stereocenters. The molecule has 0 unspecified atom stereocenters. The van der Waals surface area contributed by atoms with Gasteiger partial charge < -0.3 is 4.74 Å². The van der Waals surface area contributed by atoms with Crippen LogP contribution in [0.25, 0.3) is 0 Å². The Bertz CT molecular complexity index is 427. The highest BCUT2D eigenvalue weighted by molar-refractivity contribution is 6.36. The number of carbonyl (C=O) groups is 1. The zero-order chi connectivity index (χ0) is 13.7. The van der Waals surface area contributed by atoms with Crippen LogP contribution in [-0.4, -0.2) is 30.6 Å². The molecule has 0 bridgehead atoms. The molecule has 1 amide bonds. The van der Waals surface area contributed by atoms with Crippen molar-refractivity contribution in [2.75, 3.05) is 18.6 Å². The number of carbonyl (C=O) groups excluding carboxylic acids is 1. The Hall–Kier alpha value is -0.840. The van der Waals surface area contributed by atoms with E-state index < -0.39 is 0 Å². The van der Waals surface area contributed by atoms with E-state index in [1.54, 1.807) is 13.1 Å². The van der Waals surface area contributed by atoms with E-state index >= 15 is 0 Å². The number of hydrogen-bond acceptors (Lipinski definition) is 3. The van der Waals surface area contributed by atoms with Crippen LogP contribution in [0.4, 0.5) is 5.82 Å². The van der Waals surface area contributed by atoms with Crippen LogP contribution in [0.15, 0.2) is 12.3 Å². The molecule has 1 aromatic rings. The van der Waals surface area contributed by atoms with E-state index in [4.69, 9.17) is 27.9 Å². The number of anilines is 1. The number of aromatic nitrogens is 1. The fourth-order valence-electron chi connectivity index (χ4n) is 1.20. The van der Waals surface area contributed by atoms with Crippen LogP contribution in [-0.2, 0) is 9.53 Å². The van der Waals surface area contributed by atoms with Gasteiger partial charge in [0.15, 0.2) is 5.82 Å². The Labute approximate surface area is 117 Å². The van der Waals surface area contributed by atoms with Crippen molar-refractivity contribution in [2.45, 2.75) is 26.4 Å². The molecular formula is C12H16Cl2N2O2. The number of pyridine rings is 1. The van der Waals surface area contributed by atoms with Crippen LogP contribution in [0.1, 0.15) is 20.3 Å². The maximum absolute atomic E-state index is 11.9. The summed E-state index contributed by atoms with van der Waals surface area (Å²) in [6, 6.07) is 1.55. The lowest BCUT2D eigenvalue weighted by Gasteiger charge is -2.18. The van der Waals surface area contributed by atoms with Crippen molar-refractivity contribution in [3.63, 3.8) is 0 Å². The van der Waals surface area contributed by atoms with Crippen LogP contribution in [0.3, 0.4) is 0 Å². The van der Waals surface area contributed by atoms with Crippen molar-refractivity contribution in [3.05, 3.63) is 22.3 Å². The highest BCUT2D eigenvalue weighted by Crippen LogP contribution is 2.25. The average molecular weight is 291 g/mol. The number of rotatable bonds is 5. The van der Waals surface area contributed by atoms with Gasteiger partial charge in [0.05, 0.1) is 16.1 Å². The Kier molecular flexibility index (Phi) is 5.85. The first-order chi connectivity index (χ1) is 8.45. The molecule has 0 N–H and O–H groups in total. The average Bonchev–Trinajstić information content (AvgIpc) is 2.34. The van der Waals surface area contributed by atoms with Gasteiger partial charge in [0.2, 0.25) is 0 Å². The summed E-state index contributed by atoms with van der Waals surface area (Å²) in [6.07, 6.45) is 2.36. The number of nitrogens with zero attached hydrogens (tertiary/aromatic N) is 2. The summed E-state index contributed by atoms with van der Waals surface area (Å²) in [7, 11) is 1.60. The molecule has 0 saturated carbocycles. The first kappa shape index (κ1) is 15.2. The second-order valence-corrected chi connectivity index (χ2v) is 4.79. The van der Waals surface area contributed by atoms with Crippen LogP contribution in [0.5, 0.6) is 0 Å². The monoisotopic (exact) mass is 290 g/mol. The molecule has 1 aromatic heterocycles. The molecule has 1 heterocycles. The van der Waals surface area contributed by atoms with E-state index in [1.807, 2.05) is 13.8 Å². The van der Waals surface area contributed by atoms with Gasteiger partial charge >= 0.3 is 0 Å². The molecule has 0 saturated heterocycles. The lowest BCUT2D eigenvalue weighted by molar-refractivity contribution is -0.124. The van der Waals surface area contributed by atoms with Crippen LogP contribution >= 0.6 is 23.2 Å². The highest BCUT2D eigenvalue weighted by Gasteiger charge is 2.16. The summed E-state index contributed by atoms with van der Waals surface area (Å²) >= 11 is 11.7. The number of amides is 1. The van der Waals surface area contributed by atoms with Gasteiger partial charge in [-0.2, -0.15) is 0 Å². The first-order valence-electron chi connectivity index (χ1n) is 5.64. The molecule has 0 aliphatic rings. The molecule has 0 fully saturated rings. The van der Waals surface area contributed by atoms with Gasteiger partial charge in [-0.25, -0.2) is 4.98 Å². The van der Waals surface area contributed by atoms with Gasteiger partial charge in [-0.1, -0.05) is 30.1 Å². The van der Waals surface area contributed by atoms with Crippen molar-refractivity contribution in [1.82, 2.24) is 4.98 Å². The molecule has 18 heavy (non-hydrogen) atoms. The van der Waals surface area contributed by atoms with E-state index in [-0.39, 0.29) is 18.6 Å². The Morgan fingerprint density at radius 3 is 2.78 bits per heavy atom. The zero-order valence-corrected chi connectivity index (χ0v) is 12.1. The summed E-state index contributed by atoms with van der Waals surface area (Å²) in [5.74, 6) is 0.172. The zero-order valence-electron chi connectivity index (χ0n) is 10.6. The molecule has 100 valence electrons. The second kappa shape index (κ2) is 6.92. The lowest BCUT2D eigenvalue weighted by Crippen LogP contribution is -2.32. The summed E-state index contributed by atoms with van der Waals surface area (Å²) in [5.41, 5.74) is 0. The molecule has 6 heteroatoms. The topological polar surface area (TPSA) is 42.4 Å². The largest absolute Gasteiger partial charge is 0.369 e. The molecule has 0 aromatic carbocycles. The third-order valence-electron chi connectivity index (χ3n) is 2.55. The summed E-state index contributed by atoms with van der Waals surface area (Å²) in [5, 5.41) is 0.766. The van der Waals surface area contributed by atoms with E-state index in [0.717, 1.165) is 6.42 Å². The molecule has 4 nitrogen and oxygen atoms in total. The Morgan fingerprint density at radius 2 is 2.22 bits per heavy atom. The molecule has 0 aliphatic heterocycles. The van der Waals surface area contributed by atoms with Gasteiger partial charge in [0.1, 0.15) is 6.61 Å². The minimum Gasteiger partial charge on any atom is -0.369 e. The predicted molar refractivity (Wildman–Crippen MR) is 73.4 cm³/mol. The molecule has 0 radical (unpaired) electrons. The van der Waals surface area contributed by atoms with Gasteiger partial charge in [-0.15, -0.1) is 0 Å². The van der Waals surface area contributed by atoms with E-state index in [0.29, 0.717) is 15.9 Å². The Balaban J connectivity index is 2.68. The quantitative estimate of drug-likeness (QED) is 0.836. The fraction of sp³-hybridized carbons (Fsp3) is 0.500. The van der Waals surface area contributed by atoms with Gasteiger partial charge in [0, 0.05) is 13.2 Å². The van der Waals surface area contributed by atoms with E-state index in [2.05, 4.69) is 4.98 Å². The first-order valence-corrected chi connectivity index (χ1v) is 6.40. The predicted octanol–water partition coefficient (Wildman–Crippen LogP) is 3.17. The minimum absolute atomic E-state index is 0.00609. The second-order valence-electron chi connectivity index (χ2n) is 3.94. The van der Waals surface area contributed by atoms with Gasteiger partial charge in [-0.05, 0) is 19.4 Å². The summed E-state index contributed by atoms with van der Waals surface area (Å²) in [4.78, 5) is 17.3. The Morgan fingerprint density at radius 1 is 1.56 bits per heavy atom. The number of ether oxygens (including phenoxy) is 1. The fourth-order valence-corrected chi connectivity index (χ4v) is 1.71. The standard InChI is InChI=1S/C12H16Cl2N2O2/c1-4-8(2)18-7-11(17)16(3)12-10(14)5-9(13)6-15-12/h5-6,8H,4,7H2,1-3H3/t8-/m0/s1. The molecule has 1 rings (SSSR count). The third-order valence-corrected chi connectivity index (χ3v) is 3.03. The van der Waals surface area contributed by atoms with Crippen molar-refractivity contribution in [1.29, 1.82) is 0 Å². The molecule has 0 aliphatic carbocycles. The minimum atomic E-state index is -0.202. The third kappa shape index (κ3) is 4.12. The maximum atomic E-state index is 11.9. The molecule has 0 spiro atoms. The SMILES string of the molecule is CC[C@H](C)OCC(=O)N(C)c1ncc(Cl)cc1Cl. The van der Waals surface area contributed by atoms with Crippen molar-refractivity contribution >= 4 is 34.9 Å². The maximum Gasteiger partial charge on any atom is 0.253 e. The number of hydrogen-bond donors (Lipinski definition) is 0. The smallest absolute Gasteiger partial charge is 0.253 e. The van der Waals surface area contributed by atoms with Gasteiger partial charge in [-0.3, -0.25) is 9.69 Å². The van der Waals surface area contributed by atoms with Gasteiger partial charge in [0.25, 0.3) is 5.91 Å². The summed E-state index contributed by atoms with van der Waals surface area (Å²) < 4.78 is 5.37. The van der Waals surface area contributed by atoms with E-state index in [9.17, 15) is 4.79 Å². The highest BCUT2D eigenvalue weighted by atomic mass is 35.5. The van der Waals surface area contributed by atoms with E-state index in [1.165, 1.54) is 11.1 Å². The normalized spacial score (nSPS) is 12.3. The van der Waals surface area contributed by atoms with Crippen LogP contribution < -0.4 is 4.90 Å². The number of halogens is 2. The van der Waals surface area contributed by atoms with Crippen molar-refractivity contribution in [2.24, 2.45) is 0 Å². The van der Waals surface area contributed by atoms with Crippen molar-refractivity contribution < 1.29 is 9.53 Å². The summed E-state index contributed by atoms with van der Waals surface area (Å²) in [6.45, 7) is 3.92. The molecular weight excluding hydrogens is 275 g/mol. The van der Waals surface area contributed by atoms with Crippen LogP contribution in [0.2, 0.25) is 10.0 Å². The van der Waals surface area contributed by atoms with Crippen LogP contribution in [0, 0.1) is 0 Å². The number of likely N-dealkylation sites (N-methyl/N-ethyl adjacent to an activating group) is 1. The lowest BCUT2D eigenvalue weighted by atomic mass is 10.3. The van der Waals surface area contributed by atoms with Crippen molar-refractivity contribution in [3.8, 4) is 0 Å².